The fourth-order valence-corrected chi connectivity index (χ4v) is 3.36. The van der Waals surface area contributed by atoms with Gasteiger partial charge in [-0.1, -0.05) is 12.1 Å². The van der Waals surface area contributed by atoms with E-state index in [2.05, 4.69) is 26.3 Å². The van der Waals surface area contributed by atoms with Gasteiger partial charge in [-0.2, -0.15) is 9.97 Å². The van der Waals surface area contributed by atoms with E-state index in [1.807, 2.05) is 48.7 Å². The van der Waals surface area contributed by atoms with Crippen LogP contribution in [0.2, 0.25) is 0 Å². The Morgan fingerprint density at radius 2 is 1.71 bits per heavy atom. The first-order valence-electron chi connectivity index (χ1n) is 9.65. The summed E-state index contributed by atoms with van der Waals surface area (Å²) in [7, 11) is 4.88. The van der Waals surface area contributed by atoms with E-state index in [9.17, 15) is 0 Å². The van der Waals surface area contributed by atoms with Gasteiger partial charge in [0.2, 0.25) is 0 Å². The number of nitrogens with one attached hydrogen (secondary N) is 2. The zero-order chi connectivity index (χ0) is 20.9. The predicted octanol–water partition coefficient (Wildman–Crippen LogP) is 4.73. The van der Waals surface area contributed by atoms with Crippen LogP contribution in [0, 0.1) is 0 Å². The molecule has 2 N–H and O–H groups in total. The Morgan fingerprint density at radius 1 is 0.903 bits per heavy atom. The summed E-state index contributed by atoms with van der Waals surface area (Å²) in [5, 5.41) is 4.57. The monoisotopic (exact) mass is 440 g/mol. The largest absolute Gasteiger partial charge is 0.497 e. The number of benzene rings is 2. The molecule has 0 spiro atoms. The lowest BCUT2D eigenvalue weighted by atomic mass is 10.1. The number of hydrogen-bond donors (Lipinski definition) is 2. The van der Waals surface area contributed by atoms with Crippen molar-refractivity contribution < 1.29 is 14.2 Å². The minimum Gasteiger partial charge on any atom is -0.497 e. The fraction of sp³-hybridized carbons (Fsp3) is 0.217. The summed E-state index contributed by atoms with van der Waals surface area (Å²) < 4.78 is 15.9. The Morgan fingerprint density at radius 3 is 2.48 bits per heavy atom. The highest BCUT2D eigenvalue weighted by Gasteiger charge is 2.09. The van der Waals surface area contributed by atoms with E-state index in [1.165, 1.54) is 10.9 Å². The van der Waals surface area contributed by atoms with E-state index >= 15 is 0 Å². The molecule has 2 heterocycles. The molecule has 0 radical (unpaired) electrons. The number of methoxy groups -OCH3 is 3. The van der Waals surface area contributed by atoms with Gasteiger partial charge >= 0.3 is 6.01 Å². The van der Waals surface area contributed by atoms with Gasteiger partial charge in [-0.15, -0.1) is 12.4 Å². The summed E-state index contributed by atoms with van der Waals surface area (Å²) in [6.07, 6.45) is 2.88. The smallest absolute Gasteiger partial charge is 0.318 e. The molecule has 0 saturated carbocycles. The summed E-state index contributed by atoms with van der Waals surface area (Å²) in [6, 6.07) is 16.0. The van der Waals surface area contributed by atoms with Gasteiger partial charge < -0.3 is 24.5 Å². The second kappa shape index (κ2) is 10.0. The first-order chi connectivity index (χ1) is 14.7. The Kier molecular flexibility index (Phi) is 7.20. The van der Waals surface area contributed by atoms with E-state index in [0.717, 1.165) is 41.2 Å². The molecule has 0 amide bonds. The molecule has 0 fully saturated rings. The number of ether oxygens (including phenoxy) is 3. The van der Waals surface area contributed by atoms with E-state index in [1.54, 1.807) is 21.3 Å². The molecule has 0 atom stereocenters. The van der Waals surface area contributed by atoms with E-state index in [4.69, 9.17) is 14.2 Å². The van der Waals surface area contributed by atoms with Crippen LogP contribution >= 0.6 is 12.4 Å². The number of hydrogen-bond acceptors (Lipinski definition) is 6. The second-order valence-corrected chi connectivity index (χ2v) is 6.76. The fourth-order valence-electron chi connectivity index (χ4n) is 3.36. The third-order valence-electron chi connectivity index (χ3n) is 4.93. The van der Waals surface area contributed by atoms with E-state index in [0.29, 0.717) is 11.8 Å². The van der Waals surface area contributed by atoms with Crippen LogP contribution in [0.3, 0.4) is 0 Å². The molecule has 7 nitrogen and oxygen atoms in total. The van der Waals surface area contributed by atoms with Crippen molar-refractivity contribution in [2.75, 3.05) is 33.2 Å². The first-order valence-corrected chi connectivity index (χ1v) is 9.65. The van der Waals surface area contributed by atoms with E-state index in [-0.39, 0.29) is 12.4 Å². The van der Waals surface area contributed by atoms with Gasteiger partial charge in [0.15, 0.2) is 0 Å². The number of rotatable bonds is 8. The normalized spacial score (nSPS) is 10.4. The highest BCUT2D eigenvalue weighted by Crippen LogP contribution is 2.26. The van der Waals surface area contributed by atoms with Gasteiger partial charge in [0.1, 0.15) is 17.3 Å². The predicted molar refractivity (Wildman–Crippen MR) is 125 cm³/mol. The summed E-state index contributed by atoms with van der Waals surface area (Å²) >= 11 is 0. The van der Waals surface area contributed by atoms with Crippen molar-refractivity contribution in [1.29, 1.82) is 0 Å². The van der Waals surface area contributed by atoms with Crippen LogP contribution in [0.4, 0.5) is 5.82 Å². The lowest BCUT2D eigenvalue weighted by Crippen LogP contribution is -2.07. The van der Waals surface area contributed by atoms with Crippen LogP contribution in [0.5, 0.6) is 17.5 Å². The van der Waals surface area contributed by atoms with Crippen LogP contribution in [0.25, 0.3) is 22.2 Å². The van der Waals surface area contributed by atoms with Crippen LogP contribution in [-0.4, -0.2) is 42.8 Å². The molecule has 0 aliphatic rings. The van der Waals surface area contributed by atoms with Gasteiger partial charge in [-0.3, -0.25) is 0 Å². The number of H-pyrrole nitrogens is 1. The molecule has 0 unspecified atom stereocenters. The molecule has 8 heteroatoms. The highest BCUT2D eigenvalue weighted by molar-refractivity contribution is 5.85. The van der Waals surface area contributed by atoms with Gasteiger partial charge in [0, 0.05) is 41.3 Å². The third kappa shape index (κ3) is 5.00. The highest BCUT2D eigenvalue weighted by atomic mass is 35.5. The molecule has 0 saturated heterocycles. The van der Waals surface area contributed by atoms with Crippen LogP contribution < -0.4 is 19.5 Å². The summed E-state index contributed by atoms with van der Waals surface area (Å²) in [4.78, 5) is 12.2. The molecule has 0 bridgehead atoms. The lowest BCUT2D eigenvalue weighted by molar-refractivity contribution is 0.381. The molecular weight excluding hydrogens is 416 g/mol. The summed E-state index contributed by atoms with van der Waals surface area (Å²) in [5.74, 6) is 2.32. The quantitative estimate of drug-likeness (QED) is 0.412. The van der Waals surface area contributed by atoms with Gasteiger partial charge in [0.05, 0.1) is 27.0 Å². The summed E-state index contributed by atoms with van der Waals surface area (Å²) in [6.45, 7) is 0.719. The van der Waals surface area contributed by atoms with Crippen LogP contribution in [0.1, 0.15) is 5.56 Å². The standard InChI is InChI=1S/C23H24N4O3.ClH/c1-28-17-6-4-5-15(11-17)20-13-22(27-23(26-20)30-3)24-10-9-16-14-25-21-12-18(29-2)7-8-19(16)21;/h4-8,11-14,25H,9-10H2,1-3H3,(H,24,26,27);1H. The van der Waals surface area contributed by atoms with Crippen molar-refractivity contribution in [3.63, 3.8) is 0 Å². The molecule has 0 aliphatic heterocycles. The van der Waals surface area contributed by atoms with Crippen molar-refractivity contribution in [3.8, 4) is 28.8 Å². The number of halogens is 1. The van der Waals surface area contributed by atoms with Crippen LogP contribution in [0.15, 0.2) is 54.7 Å². The minimum absolute atomic E-state index is 0. The molecule has 0 aliphatic carbocycles. The van der Waals surface area contributed by atoms with Crippen LogP contribution in [-0.2, 0) is 6.42 Å². The van der Waals surface area contributed by atoms with Gasteiger partial charge in [-0.25, -0.2) is 0 Å². The first kappa shape index (κ1) is 22.2. The SMILES string of the molecule is COc1cccc(-c2cc(NCCc3c[nH]c4cc(OC)ccc34)nc(OC)n2)c1.Cl. The topological polar surface area (TPSA) is 81.3 Å². The maximum atomic E-state index is 5.32. The molecule has 162 valence electrons. The average molecular weight is 441 g/mol. The minimum atomic E-state index is 0. The Hall–Kier alpha value is -3.45. The maximum absolute atomic E-state index is 5.32. The number of fused-ring (bicyclic) bond motifs is 1. The Balaban J connectivity index is 0.00000272. The molecule has 2 aromatic carbocycles. The van der Waals surface area contributed by atoms with Gasteiger partial charge in [-0.05, 0) is 36.2 Å². The van der Waals surface area contributed by atoms with Crippen molar-refractivity contribution in [1.82, 2.24) is 15.0 Å². The van der Waals surface area contributed by atoms with Gasteiger partial charge in [0.25, 0.3) is 0 Å². The molecule has 31 heavy (non-hydrogen) atoms. The molecule has 2 aromatic heterocycles. The number of aromatic amines is 1. The van der Waals surface area contributed by atoms with Crippen molar-refractivity contribution in [2.45, 2.75) is 6.42 Å². The maximum Gasteiger partial charge on any atom is 0.318 e. The molecule has 4 aromatic rings. The summed E-state index contributed by atoms with van der Waals surface area (Å²) in [5.41, 5.74) is 3.99. The second-order valence-electron chi connectivity index (χ2n) is 6.76. The Labute approximate surface area is 187 Å². The zero-order valence-corrected chi connectivity index (χ0v) is 18.5. The van der Waals surface area contributed by atoms with Crippen molar-refractivity contribution in [3.05, 3.63) is 60.3 Å². The van der Waals surface area contributed by atoms with Crippen molar-refractivity contribution in [2.24, 2.45) is 0 Å². The number of anilines is 1. The number of aromatic nitrogens is 3. The van der Waals surface area contributed by atoms with E-state index < -0.39 is 0 Å². The molecular formula is C23H25ClN4O3. The average Bonchev–Trinajstić information content (AvgIpc) is 3.21. The zero-order valence-electron chi connectivity index (χ0n) is 17.6. The Bertz CT molecular complexity index is 1160. The third-order valence-corrected chi connectivity index (χ3v) is 4.93. The lowest BCUT2D eigenvalue weighted by Gasteiger charge is -2.10. The van der Waals surface area contributed by atoms with Crippen molar-refractivity contribution >= 4 is 29.1 Å². The molecule has 4 rings (SSSR count). The number of nitrogens with zero attached hydrogens (tertiary/aromatic N) is 2.